The van der Waals surface area contributed by atoms with Gasteiger partial charge >= 0.3 is 0 Å². The van der Waals surface area contributed by atoms with Crippen LogP contribution in [0.2, 0.25) is 0 Å². The first-order valence-electron chi connectivity index (χ1n) is 12.4. The van der Waals surface area contributed by atoms with Gasteiger partial charge in [0.1, 0.15) is 5.83 Å². The van der Waals surface area contributed by atoms with Crippen LogP contribution in [-0.2, 0) is 0 Å². The minimum absolute atomic E-state index is 0.0215. The molecular weight excluding hydrogens is 379 g/mol. The Kier molecular flexibility index (Phi) is 7.43. The molecule has 0 aromatic heterocycles. The fraction of sp³-hybridized carbons (Fsp3) is 0.467. The molecule has 1 atom stereocenters. The first-order chi connectivity index (χ1) is 15.1. The van der Waals surface area contributed by atoms with E-state index in [0.717, 1.165) is 29.0 Å². The third kappa shape index (κ3) is 5.56. The van der Waals surface area contributed by atoms with Crippen LogP contribution in [-0.4, -0.2) is 0 Å². The van der Waals surface area contributed by atoms with E-state index in [-0.39, 0.29) is 11.7 Å². The Morgan fingerprint density at radius 2 is 1.52 bits per heavy atom. The molecule has 0 saturated heterocycles. The van der Waals surface area contributed by atoms with Crippen LogP contribution in [0.4, 0.5) is 4.39 Å². The highest BCUT2D eigenvalue weighted by Gasteiger charge is 2.23. The number of aryl methyl sites for hydroxylation is 1. The maximum absolute atomic E-state index is 14.9. The molecule has 1 fully saturated rings. The molecular formula is C30H37F. The third-order valence-electron chi connectivity index (χ3n) is 7.46. The van der Waals surface area contributed by atoms with Crippen LogP contribution >= 0.6 is 0 Å². The molecule has 1 heteroatoms. The summed E-state index contributed by atoms with van der Waals surface area (Å²) in [5, 5.41) is 0. The molecule has 0 aliphatic heterocycles. The number of unbranched alkanes of at least 4 members (excludes halogenated alkanes) is 2. The van der Waals surface area contributed by atoms with Crippen LogP contribution in [0.25, 0.3) is 5.57 Å². The molecule has 2 aromatic rings. The van der Waals surface area contributed by atoms with Gasteiger partial charge in [-0.1, -0.05) is 92.8 Å². The summed E-state index contributed by atoms with van der Waals surface area (Å²) in [6.07, 6.45) is 15.6. The van der Waals surface area contributed by atoms with E-state index in [1.54, 1.807) is 6.08 Å². The Bertz CT molecular complexity index is 892. The maximum atomic E-state index is 14.9. The van der Waals surface area contributed by atoms with Crippen LogP contribution < -0.4 is 0 Å². The van der Waals surface area contributed by atoms with Crippen molar-refractivity contribution in [3.63, 3.8) is 0 Å². The van der Waals surface area contributed by atoms with E-state index in [9.17, 15) is 4.39 Å². The quantitative estimate of drug-likeness (QED) is 0.394. The largest absolute Gasteiger partial charge is 0.211 e. The van der Waals surface area contributed by atoms with Crippen LogP contribution in [0, 0.1) is 12.8 Å². The summed E-state index contributed by atoms with van der Waals surface area (Å²) in [4.78, 5) is 0. The molecule has 0 amide bonds. The molecule has 31 heavy (non-hydrogen) atoms. The summed E-state index contributed by atoms with van der Waals surface area (Å²) in [6, 6.07) is 17.2. The SMILES string of the molecule is CCCCCC1CCC(c2ccc(C3=CCC(c4ccc(C)cc4)C(F)=C3)cc2)CC1. The third-order valence-corrected chi connectivity index (χ3v) is 7.46. The predicted molar refractivity (Wildman–Crippen MR) is 131 cm³/mol. The highest BCUT2D eigenvalue weighted by molar-refractivity contribution is 5.76. The van der Waals surface area contributed by atoms with Gasteiger partial charge in [0.2, 0.25) is 0 Å². The van der Waals surface area contributed by atoms with E-state index in [1.807, 2.05) is 0 Å². The number of hydrogen-bond donors (Lipinski definition) is 0. The first-order valence-corrected chi connectivity index (χ1v) is 12.4. The monoisotopic (exact) mass is 416 g/mol. The highest BCUT2D eigenvalue weighted by atomic mass is 19.1. The van der Waals surface area contributed by atoms with Crippen molar-refractivity contribution < 1.29 is 4.39 Å². The minimum atomic E-state index is -0.142. The van der Waals surface area contributed by atoms with Crippen LogP contribution in [0.15, 0.2) is 66.5 Å². The van der Waals surface area contributed by atoms with Crippen molar-refractivity contribution in [2.75, 3.05) is 0 Å². The van der Waals surface area contributed by atoms with E-state index >= 15 is 0 Å². The van der Waals surface area contributed by atoms with E-state index in [0.29, 0.717) is 5.92 Å². The van der Waals surface area contributed by atoms with Gasteiger partial charge in [0.25, 0.3) is 0 Å². The molecule has 2 aromatic carbocycles. The average Bonchev–Trinajstić information content (AvgIpc) is 2.81. The summed E-state index contributed by atoms with van der Waals surface area (Å²) in [7, 11) is 0. The average molecular weight is 417 g/mol. The Morgan fingerprint density at radius 3 is 2.16 bits per heavy atom. The lowest BCUT2D eigenvalue weighted by atomic mass is 9.77. The van der Waals surface area contributed by atoms with E-state index in [4.69, 9.17) is 0 Å². The Labute approximate surface area is 188 Å². The second-order valence-corrected chi connectivity index (χ2v) is 9.72. The highest BCUT2D eigenvalue weighted by Crippen LogP contribution is 2.39. The number of rotatable bonds is 7. The van der Waals surface area contributed by atoms with Gasteiger partial charge in [-0.15, -0.1) is 0 Å². The molecule has 2 aliphatic carbocycles. The number of allylic oxidation sites excluding steroid dienone is 4. The molecule has 0 heterocycles. The normalized spacial score (nSPS) is 23.9. The Morgan fingerprint density at radius 1 is 0.839 bits per heavy atom. The van der Waals surface area contributed by atoms with Crippen molar-refractivity contribution in [1.82, 2.24) is 0 Å². The van der Waals surface area contributed by atoms with Crippen molar-refractivity contribution in [2.24, 2.45) is 5.92 Å². The van der Waals surface area contributed by atoms with Gasteiger partial charge in [-0.3, -0.25) is 0 Å². The molecule has 164 valence electrons. The van der Waals surface area contributed by atoms with Gasteiger partial charge in [0.15, 0.2) is 0 Å². The number of halogens is 1. The van der Waals surface area contributed by atoms with Crippen molar-refractivity contribution in [2.45, 2.75) is 83.5 Å². The second-order valence-electron chi connectivity index (χ2n) is 9.72. The van der Waals surface area contributed by atoms with Crippen molar-refractivity contribution in [3.05, 3.63) is 88.8 Å². The lowest BCUT2D eigenvalue weighted by molar-refractivity contribution is 0.303. The standard InChI is InChI=1S/C30H37F/c1-3-4-5-6-23-9-13-24(14-10-23)25-15-17-26(18-16-25)28-19-20-29(30(31)21-28)27-11-7-22(2)8-12-27/h7-8,11-12,15-19,21,23-24,29H,3-6,9-10,13-14,20H2,1-2H3. The summed E-state index contributed by atoms with van der Waals surface area (Å²) < 4.78 is 14.9. The molecule has 0 spiro atoms. The van der Waals surface area contributed by atoms with E-state index in [2.05, 4.69) is 68.5 Å². The van der Waals surface area contributed by atoms with Crippen molar-refractivity contribution in [1.29, 1.82) is 0 Å². The molecule has 2 aliphatic rings. The Balaban J connectivity index is 1.35. The number of benzene rings is 2. The number of hydrogen-bond acceptors (Lipinski definition) is 0. The van der Waals surface area contributed by atoms with Gasteiger partial charge in [0, 0.05) is 5.92 Å². The molecule has 1 unspecified atom stereocenters. The Hall–Kier alpha value is -2.15. The lowest BCUT2D eigenvalue weighted by Crippen LogP contribution is -2.13. The summed E-state index contributed by atoms with van der Waals surface area (Å²) in [5.41, 5.74) is 5.90. The first kappa shape index (κ1) is 22.1. The van der Waals surface area contributed by atoms with Crippen molar-refractivity contribution >= 4 is 5.57 Å². The minimum Gasteiger partial charge on any atom is -0.211 e. The zero-order chi connectivity index (χ0) is 21.6. The van der Waals surface area contributed by atoms with Gasteiger partial charge in [-0.05, 0) is 79.2 Å². The van der Waals surface area contributed by atoms with Gasteiger partial charge in [-0.2, -0.15) is 0 Å². The lowest BCUT2D eigenvalue weighted by Gasteiger charge is -2.29. The second kappa shape index (κ2) is 10.4. The zero-order valence-electron chi connectivity index (χ0n) is 19.2. The van der Waals surface area contributed by atoms with Gasteiger partial charge < -0.3 is 0 Å². The molecule has 4 rings (SSSR count). The fourth-order valence-electron chi connectivity index (χ4n) is 5.38. The molecule has 0 N–H and O–H groups in total. The van der Waals surface area contributed by atoms with Gasteiger partial charge in [0.05, 0.1) is 0 Å². The van der Waals surface area contributed by atoms with Crippen LogP contribution in [0.5, 0.6) is 0 Å². The molecule has 1 saturated carbocycles. The topological polar surface area (TPSA) is 0 Å². The molecule has 0 radical (unpaired) electrons. The fourth-order valence-corrected chi connectivity index (χ4v) is 5.38. The summed E-state index contributed by atoms with van der Waals surface area (Å²) in [5.74, 6) is 1.49. The summed E-state index contributed by atoms with van der Waals surface area (Å²) >= 11 is 0. The maximum Gasteiger partial charge on any atom is 0.108 e. The smallest absolute Gasteiger partial charge is 0.108 e. The summed E-state index contributed by atoms with van der Waals surface area (Å²) in [6.45, 7) is 4.36. The predicted octanol–water partition coefficient (Wildman–Crippen LogP) is 9.27. The van der Waals surface area contributed by atoms with Crippen molar-refractivity contribution in [3.8, 4) is 0 Å². The van der Waals surface area contributed by atoms with E-state index in [1.165, 1.54) is 62.5 Å². The molecule has 0 nitrogen and oxygen atoms in total. The van der Waals surface area contributed by atoms with Crippen LogP contribution in [0.1, 0.15) is 98.8 Å². The molecule has 0 bridgehead atoms. The van der Waals surface area contributed by atoms with Crippen LogP contribution in [0.3, 0.4) is 0 Å². The zero-order valence-corrected chi connectivity index (χ0v) is 19.2. The van der Waals surface area contributed by atoms with Gasteiger partial charge in [-0.25, -0.2) is 4.39 Å². The van der Waals surface area contributed by atoms with E-state index < -0.39 is 0 Å².